The number of aliphatic hydroxyl groups is 1. The molecule has 7 nitrogen and oxygen atoms in total. The Hall–Kier alpha value is -1.73. The number of aliphatic hydroxyl groups excluding tert-OH is 1. The van der Waals surface area contributed by atoms with Gasteiger partial charge in [0.05, 0.1) is 6.61 Å². The van der Waals surface area contributed by atoms with E-state index in [1.807, 2.05) is 0 Å². The third kappa shape index (κ3) is 4.46. The highest BCUT2D eigenvalue weighted by molar-refractivity contribution is 5.96. The average molecular weight is 347 g/mol. The van der Waals surface area contributed by atoms with Crippen LogP contribution in [0.4, 0.5) is 5.82 Å². The lowest BCUT2D eigenvalue weighted by Crippen LogP contribution is -2.41. The van der Waals surface area contributed by atoms with E-state index in [9.17, 15) is 4.79 Å². The van der Waals surface area contributed by atoms with Crippen LogP contribution < -0.4 is 10.6 Å². The van der Waals surface area contributed by atoms with Crippen molar-refractivity contribution < 1.29 is 9.90 Å². The van der Waals surface area contributed by atoms with Crippen molar-refractivity contribution in [1.82, 2.24) is 20.2 Å². The van der Waals surface area contributed by atoms with Crippen LogP contribution in [0.3, 0.4) is 0 Å². The van der Waals surface area contributed by atoms with Crippen molar-refractivity contribution in [2.45, 2.75) is 45.6 Å². The average Bonchev–Trinajstić information content (AvgIpc) is 2.57. The molecular weight excluding hydrogens is 318 g/mol. The van der Waals surface area contributed by atoms with E-state index in [1.165, 1.54) is 0 Å². The normalized spacial score (nSPS) is 19.0. The Labute approximate surface area is 149 Å². The monoisotopic (exact) mass is 347 g/mol. The summed E-state index contributed by atoms with van der Waals surface area (Å²) in [7, 11) is 0. The fourth-order valence-electron chi connectivity index (χ4n) is 3.55. The maximum atomic E-state index is 12.2. The number of amides is 1. The minimum Gasteiger partial charge on any atom is -0.395 e. The predicted octanol–water partition coefficient (Wildman–Crippen LogP) is 0.830. The first-order chi connectivity index (χ1) is 12.1. The summed E-state index contributed by atoms with van der Waals surface area (Å²) in [4.78, 5) is 23.8. The van der Waals surface area contributed by atoms with Crippen molar-refractivity contribution in [1.29, 1.82) is 0 Å². The van der Waals surface area contributed by atoms with Crippen LogP contribution in [0.2, 0.25) is 0 Å². The Kier molecular flexibility index (Phi) is 5.86. The van der Waals surface area contributed by atoms with Crippen LogP contribution in [0, 0.1) is 5.92 Å². The molecule has 7 heteroatoms. The number of carbonyl (C=O) groups excluding carboxylic acids is 1. The molecule has 2 aliphatic rings. The number of hydrogen-bond donors (Lipinski definition) is 3. The molecule has 0 saturated carbocycles. The van der Waals surface area contributed by atoms with Crippen molar-refractivity contribution in [3.63, 3.8) is 0 Å². The molecule has 0 radical (unpaired) electrons. The van der Waals surface area contributed by atoms with E-state index in [2.05, 4.69) is 34.4 Å². The molecule has 1 fully saturated rings. The Morgan fingerprint density at radius 1 is 1.32 bits per heavy atom. The third-order valence-electron chi connectivity index (χ3n) is 4.86. The van der Waals surface area contributed by atoms with Crippen molar-refractivity contribution in [3.8, 4) is 0 Å². The Bertz CT molecular complexity index is 612. The Morgan fingerprint density at radius 2 is 2.08 bits per heavy atom. The highest BCUT2D eigenvalue weighted by atomic mass is 16.3. The van der Waals surface area contributed by atoms with Crippen molar-refractivity contribution >= 4 is 11.7 Å². The highest BCUT2D eigenvalue weighted by Gasteiger charge is 2.26. The van der Waals surface area contributed by atoms with E-state index >= 15 is 0 Å². The molecule has 25 heavy (non-hydrogen) atoms. The van der Waals surface area contributed by atoms with Gasteiger partial charge in [0.25, 0.3) is 5.91 Å². The number of hydrogen-bond acceptors (Lipinski definition) is 6. The molecule has 0 bridgehead atoms. The molecule has 138 valence electrons. The number of β-amino-alcohol motifs (C(OH)–C–C–N with tert-alkyl or cyclic N) is 1. The van der Waals surface area contributed by atoms with Gasteiger partial charge in [-0.2, -0.15) is 0 Å². The van der Waals surface area contributed by atoms with Gasteiger partial charge in [-0.15, -0.1) is 0 Å². The lowest BCUT2D eigenvalue weighted by molar-refractivity contribution is 0.0940. The second-order valence-electron chi connectivity index (χ2n) is 7.40. The zero-order valence-electron chi connectivity index (χ0n) is 15.2. The summed E-state index contributed by atoms with van der Waals surface area (Å²) in [6.45, 7) is 7.82. The largest absolute Gasteiger partial charge is 0.395 e. The van der Waals surface area contributed by atoms with Crippen molar-refractivity contribution in [3.05, 3.63) is 17.1 Å². The van der Waals surface area contributed by atoms with Crippen LogP contribution in [0.15, 0.2) is 0 Å². The number of fused-ring (bicyclic) bond motifs is 1. The molecule has 3 N–H and O–H groups in total. The smallest absolute Gasteiger partial charge is 0.270 e. The molecule has 1 aromatic rings. The number of aromatic nitrogens is 2. The molecule has 0 aliphatic carbocycles. The summed E-state index contributed by atoms with van der Waals surface area (Å²) in [5.74, 6) is 1.94. The second kappa shape index (κ2) is 8.10. The fourth-order valence-corrected chi connectivity index (χ4v) is 3.55. The van der Waals surface area contributed by atoms with Gasteiger partial charge >= 0.3 is 0 Å². The summed E-state index contributed by atoms with van der Waals surface area (Å²) < 4.78 is 0. The van der Waals surface area contributed by atoms with E-state index in [-0.39, 0.29) is 12.5 Å². The number of anilines is 1. The molecule has 0 unspecified atom stereocenters. The molecule has 2 aliphatic heterocycles. The zero-order chi connectivity index (χ0) is 17.8. The van der Waals surface area contributed by atoms with Gasteiger partial charge in [-0.1, -0.05) is 13.8 Å². The van der Waals surface area contributed by atoms with E-state index in [1.54, 1.807) is 0 Å². The molecule has 0 spiro atoms. The quantitative estimate of drug-likeness (QED) is 0.706. The van der Waals surface area contributed by atoms with Crippen LogP contribution in [0.25, 0.3) is 0 Å². The summed E-state index contributed by atoms with van der Waals surface area (Å²) in [6, 6.07) is 0.353. The summed E-state index contributed by atoms with van der Waals surface area (Å²) in [5, 5.41) is 15.5. The maximum Gasteiger partial charge on any atom is 0.270 e. The highest BCUT2D eigenvalue weighted by Crippen LogP contribution is 2.24. The summed E-state index contributed by atoms with van der Waals surface area (Å²) >= 11 is 0. The van der Waals surface area contributed by atoms with Crippen molar-refractivity contribution in [2.75, 3.05) is 38.1 Å². The molecule has 1 saturated heterocycles. The lowest BCUT2D eigenvalue weighted by Gasteiger charge is -2.33. The number of rotatable bonds is 6. The molecule has 3 rings (SSSR count). The molecular formula is C18H29N5O2. The first-order valence-corrected chi connectivity index (χ1v) is 9.34. The first kappa shape index (κ1) is 18.1. The van der Waals surface area contributed by atoms with Gasteiger partial charge in [-0.05, 0) is 25.2 Å². The molecule has 1 amide bonds. The van der Waals surface area contributed by atoms with Crippen molar-refractivity contribution in [2.24, 2.45) is 5.92 Å². The third-order valence-corrected chi connectivity index (χ3v) is 4.86. The number of piperidine rings is 1. The SMILES string of the molecule is CC(C)Cc1nc(NC2CCN(CCO)CC2)c2c(n1)C(=O)NCC2. The molecule has 1 aromatic heterocycles. The van der Waals surface area contributed by atoms with Gasteiger partial charge in [0.1, 0.15) is 17.3 Å². The lowest BCUT2D eigenvalue weighted by atomic mass is 10.0. The number of nitrogens with zero attached hydrogens (tertiary/aromatic N) is 3. The van der Waals surface area contributed by atoms with Gasteiger partial charge < -0.3 is 20.6 Å². The van der Waals surface area contributed by atoms with Crippen LogP contribution in [-0.2, 0) is 12.8 Å². The maximum absolute atomic E-state index is 12.2. The molecule has 3 heterocycles. The van der Waals surface area contributed by atoms with E-state index < -0.39 is 0 Å². The minimum absolute atomic E-state index is 0.0885. The summed E-state index contributed by atoms with van der Waals surface area (Å²) in [6.07, 6.45) is 3.58. The number of nitrogens with one attached hydrogen (secondary N) is 2. The topological polar surface area (TPSA) is 90.4 Å². The standard InChI is InChI=1S/C18H29N5O2/c1-12(2)11-15-21-16-14(3-6-19-18(16)25)17(22-15)20-13-4-7-23(8-5-13)9-10-24/h12-13,24H,3-11H2,1-2H3,(H,19,25)(H,20,21,22). The molecule has 0 aromatic carbocycles. The molecule has 0 atom stereocenters. The zero-order valence-corrected chi connectivity index (χ0v) is 15.2. The minimum atomic E-state index is -0.0885. The second-order valence-corrected chi connectivity index (χ2v) is 7.40. The predicted molar refractivity (Wildman–Crippen MR) is 96.8 cm³/mol. The van der Waals surface area contributed by atoms with E-state index in [0.717, 1.165) is 62.5 Å². The van der Waals surface area contributed by atoms with Crippen LogP contribution in [0.1, 0.15) is 48.6 Å². The van der Waals surface area contributed by atoms with Gasteiger partial charge in [0.15, 0.2) is 0 Å². The van der Waals surface area contributed by atoms with Gasteiger partial charge in [0, 0.05) is 44.2 Å². The van der Waals surface area contributed by atoms with E-state index in [0.29, 0.717) is 24.2 Å². The van der Waals surface area contributed by atoms with Crippen LogP contribution in [0.5, 0.6) is 0 Å². The van der Waals surface area contributed by atoms with Gasteiger partial charge in [-0.3, -0.25) is 4.79 Å². The fraction of sp³-hybridized carbons (Fsp3) is 0.722. The van der Waals surface area contributed by atoms with Crippen LogP contribution >= 0.6 is 0 Å². The van der Waals surface area contributed by atoms with Gasteiger partial charge in [0.2, 0.25) is 0 Å². The van der Waals surface area contributed by atoms with Crippen LogP contribution in [-0.4, -0.2) is 64.7 Å². The van der Waals surface area contributed by atoms with E-state index in [4.69, 9.17) is 10.1 Å². The Morgan fingerprint density at radius 3 is 2.76 bits per heavy atom. The Balaban J connectivity index is 1.77. The number of carbonyl (C=O) groups is 1. The summed E-state index contributed by atoms with van der Waals surface area (Å²) in [5.41, 5.74) is 1.49. The number of likely N-dealkylation sites (tertiary alicyclic amines) is 1. The van der Waals surface area contributed by atoms with Gasteiger partial charge in [-0.25, -0.2) is 9.97 Å². The first-order valence-electron chi connectivity index (χ1n) is 9.34.